The smallest absolute Gasteiger partial charge is 0.233 e. The molecular weight excluding hydrogens is 278 g/mol. The average molecular weight is 290 g/mol. The molecule has 2 N–H and O–H groups in total. The van der Waals surface area contributed by atoms with Gasteiger partial charge in [0.1, 0.15) is 17.5 Å². The largest absolute Gasteiger partial charge is 0.437 e. The van der Waals surface area contributed by atoms with Crippen LogP contribution in [0.1, 0.15) is 5.56 Å². The van der Waals surface area contributed by atoms with E-state index in [0.29, 0.717) is 28.8 Å². The summed E-state index contributed by atoms with van der Waals surface area (Å²) in [4.78, 5) is 8.28. The third kappa shape index (κ3) is 2.19. The summed E-state index contributed by atoms with van der Waals surface area (Å²) in [6.45, 7) is 0.431. The van der Waals surface area contributed by atoms with Crippen LogP contribution >= 0.6 is 11.6 Å². The van der Waals surface area contributed by atoms with Gasteiger partial charge in [-0.25, -0.2) is 9.97 Å². The normalized spacial score (nSPS) is 10.9. The van der Waals surface area contributed by atoms with Gasteiger partial charge in [-0.3, -0.25) is 4.68 Å². The van der Waals surface area contributed by atoms with E-state index < -0.39 is 0 Å². The van der Waals surface area contributed by atoms with E-state index in [1.807, 2.05) is 13.1 Å². The summed E-state index contributed by atoms with van der Waals surface area (Å²) < 4.78 is 7.41. The summed E-state index contributed by atoms with van der Waals surface area (Å²) in [6, 6.07) is 5.41. The second-order valence-electron chi connectivity index (χ2n) is 4.26. The molecule has 0 fully saturated rings. The molecule has 0 radical (unpaired) electrons. The minimum absolute atomic E-state index is 0.422. The van der Waals surface area contributed by atoms with Gasteiger partial charge in [0.25, 0.3) is 0 Å². The highest BCUT2D eigenvalue weighted by atomic mass is 35.5. The summed E-state index contributed by atoms with van der Waals surface area (Å²) in [5.74, 6) is 0.943. The third-order valence-corrected chi connectivity index (χ3v) is 3.23. The maximum Gasteiger partial charge on any atom is 0.233 e. The molecule has 0 aliphatic carbocycles. The molecule has 1 aromatic carbocycles. The van der Waals surface area contributed by atoms with E-state index in [1.165, 1.54) is 6.33 Å². The summed E-state index contributed by atoms with van der Waals surface area (Å²) in [6.07, 6.45) is 3.09. The van der Waals surface area contributed by atoms with Crippen molar-refractivity contribution in [1.82, 2.24) is 19.7 Å². The molecule has 0 aliphatic rings. The third-order valence-electron chi connectivity index (χ3n) is 2.93. The lowest BCUT2D eigenvalue weighted by Gasteiger charge is -2.08. The monoisotopic (exact) mass is 289 g/mol. The van der Waals surface area contributed by atoms with Crippen molar-refractivity contribution in [1.29, 1.82) is 0 Å². The number of halogens is 1. The number of aromatic nitrogens is 4. The molecule has 0 saturated carbocycles. The number of benzene rings is 1. The van der Waals surface area contributed by atoms with Crippen LogP contribution in [0.2, 0.25) is 5.02 Å². The molecule has 6 nitrogen and oxygen atoms in total. The van der Waals surface area contributed by atoms with Crippen molar-refractivity contribution < 1.29 is 4.74 Å². The standard InChI is InChI=1S/C13H12ClN5O/c1-19-12-9(6-18-19)13(17-7-16-12)20-11-3-2-8(5-15)4-10(11)14/h2-4,6-7H,5,15H2,1H3. The van der Waals surface area contributed by atoms with Crippen LogP contribution in [0.5, 0.6) is 11.6 Å². The molecule has 0 unspecified atom stereocenters. The molecule has 0 spiro atoms. The fourth-order valence-electron chi connectivity index (χ4n) is 1.88. The minimum Gasteiger partial charge on any atom is -0.437 e. The molecule has 3 rings (SSSR count). The molecule has 2 heterocycles. The van der Waals surface area contributed by atoms with Gasteiger partial charge in [0.2, 0.25) is 5.88 Å². The predicted molar refractivity (Wildman–Crippen MR) is 75.7 cm³/mol. The maximum absolute atomic E-state index is 6.17. The summed E-state index contributed by atoms with van der Waals surface area (Å²) >= 11 is 6.17. The number of aryl methyl sites for hydroxylation is 1. The van der Waals surface area contributed by atoms with E-state index in [1.54, 1.807) is 23.0 Å². The van der Waals surface area contributed by atoms with Crippen molar-refractivity contribution in [3.05, 3.63) is 41.3 Å². The molecule has 3 aromatic rings. The van der Waals surface area contributed by atoms with Crippen LogP contribution in [0, 0.1) is 0 Å². The highest BCUT2D eigenvalue weighted by Gasteiger charge is 2.11. The topological polar surface area (TPSA) is 78.9 Å². The molecule has 102 valence electrons. The predicted octanol–water partition coefficient (Wildman–Crippen LogP) is 2.27. The number of fused-ring (bicyclic) bond motifs is 1. The Kier molecular flexibility index (Phi) is 3.25. The van der Waals surface area contributed by atoms with E-state index >= 15 is 0 Å². The van der Waals surface area contributed by atoms with Gasteiger partial charge >= 0.3 is 0 Å². The Morgan fingerprint density at radius 1 is 1.35 bits per heavy atom. The quantitative estimate of drug-likeness (QED) is 0.800. The SMILES string of the molecule is Cn1ncc2c(Oc3ccc(CN)cc3Cl)ncnc21. The van der Waals surface area contributed by atoms with Gasteiger partial charge in [-0.15, -0.1) is 0 Å². The van der Waals surface area contributed by atoms with Crippen LogP contribution in [0.4, 0.5) is 0 Å². The van der Waals surface area contributed by atoms with Crippen molar-refractivity contribution in [2.45, 2.75) is 6.54 Å². The van der Waals surface area contributed by atoms with Gasteiger partial charge in [-0.05, 0) is 17.7 Å². The molecule has 0 amide bonds. The van der Waals surface area contributed by atoms with Gasteiger partial charge in [-0.1, -0.05) is 17.7 Å². The fraction of sp³-hybridized carbons (Fsp3) is 0.154. The highest BCUT2D eigenvalue weighted by Crippen LogP contribution is 2.31. The van der Waals surface area contributed by atoms with E-state index in [-0.39, 0.29) is 0 Å². The van der Waals surface area contributed by atoms with Crippen LogP contribution in [-0.2, 0) is 13.6 Å². The number of hydrogen-bond donors (Lipinski definition) is 1. The average Bonchev–Trinajstić information content (AvgIpc) is 2.84. The zero-order chi connectivity index (χ0) is 14.1. The molecule has 2 aromatic heterocycles. The lowest BCUT2D eigenvalue weighted by molar-refractivity contribution is 0.468. The number of nitrogens with zero attached hydrogens (tertiary/aromatic N) is 4. The molecule has 0 bridgehead atoms. The van der Waals surface area contributed by atoms with Crippen LogP contribution in [0.15, 0.2) is 30.7 Å². The lowest BCUT2D eigenvalue weighted by Crippen LogP contribution is -1.97. The maximum atomic E-state index is 6.17. The molecule has 0 saturated heterocycles. The highest BCUT2D eigenvalue weighted by molar-refractivity contribution is 6.32. The Labute approximate surface area is 120 Å². The number of hydrogen-bond acceptors (Lipinski definition) is 5. The van der Waals surface area contributed by atoms with Crippen molar-refractivity contribution in [2.75, 3.05) is 0 Å². The van der Waals surface area contributed by atoms with E-state index in [9.17, 15) is 0 Å². The summed E-state index contributed by atoms with van der Waals surface area (Å²) in [5, 5.41) is 5.35. The van der Waals surface area contributed by atoms with Crippen molar-refractivity contribution >= 4 is 22.6 Å². The van der Waals surface area contributed by atoms with Crippen molar-refractivity contribution in [3.63, 3.8) is 0 Å². The fourth-order valence-corrected chi connectivity index (χ4v) is 2.12. The Balaban J connectivity index is 2.01. The van der Waals surface area contributed by atoms with Crippen LogP contribution in [0.3, 0.4) is 0 Å². The van der Waals surface area contributed by atoms with Crippen LogP contribution < -0.4 is 10.5 Å². The first-order chi connectivity index (χ1) is 9.69. The zero-order valence-corrected chi connectivity index (χ0v) is 11.5. The first kappa shape index (κ1) is 12.8. The Hall–Kier alpha value is -2.18. The molecular formula is C13H12ClN5O. The van der Waals surface area contributed by atoms with E-state index in [4.69, 9.17) is 22.1 Å². The first-order valence-electron chi connectivity index (χ1n) is 5.98. The number of ether oxygens (including phenoxy) is 1. The van der Waals surface area contributed by atoms with Gasteiger partial charge in [0, 0.05) is 13.6 Å². The summed E-state index contributed by atoms with van der Waals surface area (Å²) in [5.41, 5.74) is 7.21. The Bertz CT molecular complexity index is 771. The second-order valence-corrected chi connectivity index (χ2v) is 4.66. The van der Waals surface area contributed by atoms with Gasteiger partial charge in [0.15, 0.2) is 5.65 Å². The van der Waals surface area contributed by atoms with Gasteiger partial charge < -0.3 is 10.5 Å². The molecule has 20 heavy (non-hydrogen) atoms. The Morgan fingerprint density at radius 3 is 2.95 bits per heavy atom. The van der Waals surface area contributed by atoms with Gasteiger partial charge in [-0.2, -0.15) is 5.10 Å². The van der Waals surface area contributed by atoms with Gasteiger partial charge in [0.05, 0.1) is 11.2 Å². The second kappa shape index (κ2) is 5.07. The van der Waals surface area contributed by atoms with E-state index in [2.05, 4.69) is 15.1 Å². The Morgan fingerprint density at radius 2 is 2.20 bits per heavy atom. The van der Waals surface area contributed by atoms with Crippen molar-refractivity contribution in [3.8, 4) is 11.6 Å². The number of rotatable bonds is 3. The van der Waals surface area contributed by atoms with Crippen LogP contribution in [0.25, 0.3) is 11.0 Å². The molecule has 7 heteroatoms. The zero-order valence-electron chi connectivity index (χ0n) is 10.7. The summed E-state index contributed by atoms with van der Waals surface area (Å²) in [7, 11) is 1.81. The van der Waals surface area contributed by atoms with Crippen LogP contribution in [-0.4, -0.2) is 19.7 Å². The number of nitrogens with two attached hydrogens (primary N) is 1. The van der Waals surface area contributed by atoms with Crippen molar-refractivity contribution in [2.24, 2.45) is 12.8 Å². The minimum atomic E-state index is 0.422. The first-order valence-corrected chi connectivity index (χ1v) is 6.36. The lowest BCUT2D eigenvalue weighted by atomic mass is 10.2. The molecule has 0 aliphatic heterocycles. The van der Waals surface area contributed by atoms with E-state index in [0.717, 1.165) is 10.9 Å². The molecule has 0 atom stereocenters.